The van der Waals surface area contributed by atoms with Crippen LogP contribution in [0.5, 0.6) is 11.5 Å². The number of hydrogen-bond donors (Lipinski definition) is 4. The minimum Gasteiger partial charge on any atom is -0.454 e. The van der Waals surface area contributed by atoms with Gasteiger partial charge in [-0.05, 0) is 30.0 Å². The lowest BCUT2D eigenvalue weighted by Crippen LogP contribution is -2.59. The Morgan fingerprint density at radius 1 is 1.20 bits per heavy atom. The number of primary amides is 1. The van der Waals surface area contributed by atoms with Crippen LogP contribution in [0.15, 0.2) is 23.4 Å². The van der Waals surface area contributed by atoms with Crippen LogP contribution < -0.4 is 25.8 Å². The zero-order valence-electron chi connectivity index (χ0n) is 26.6. The first-order valence-corrected chi connectivity index (χ1v) is 15.6. The Morgan fingerprint density at radius 2 is 1.96 bits per heavy atom. The molecule has 0 radical (unpaired) electrons. The van der Waals surface area contributed by atoms with E-state index in [0.717, 1.165) is 5.56 Å². The second-order valence-electron chi connectivity index (χ2n) is 13.3. The van der Waals surface area contributed by atoms with Gasteiger partial charge in [0.15, 0.2) is 23.2 Å². The third-order valence-electron chi connectivity index (χ3n) is 8.67. The molecule has 1 aromatic carbocycles. The van der Waals surface area contributed by atoms with Crippen molar-refractivity contribution in [1.29, 1.82) is 0 Å². The second kappa shape index (κ2) is 13.3. The standard InChI is InChI=1S/C31H43N5O10/c1-5-6-19(24(37)26(32)38)33-27(39)21-13-31(12-20(35-46-31)17-7-8-22-23(11-17)44-16-43-22)15-36(21)28(40)25(30(2,3)4)34-29(41)45-18-9-10-42-14-18/h7-8,11,18-19,21,24-25,37H,5-6,9-10,12-16H2,1-4H3,(H2,32,38)(H,33,39)(H,34,41)/t18-,19?,21-,24?,25+,31+/m0/s1. The van der Waals surface area contributed by atoms with Gasteiger partial charge in [0, 0.05) is 24.8 Å². The highest BCUT2D eigenvalue weighted by atomic mass is 16.7. The lowest BCUT2D eigenvalue weighted by Gasteiger charge is -2.35. The van der Waals surface area contributed by atoms with Crippen molar-refractivity contribution >= 4 is 29.5 Å². The van der Waals surface area contributed by atoms with E-state index in [9.17, 15) is 24.3 Å². The topological polar surface area (TPSA) is 200 Å². The Hall–Kier alpha value is -4.11. The molecule has 1 aromatic rings. The van der Waals surface area contributed by atoms with Crippen molar-refractivity contribution in [3.8, 4) is 11.5 Å². The van der Waals surface area contributed by atoms with E-state index >= 15 is 0 Å². The SMILES string of the molecule is CCCC(NC(=O)[C@@H]1C[C@]2(CC(c3ccc4c(c3)OCO4)=NO2)CN1C(=O)[C@@H](NC(=O)O[C@H]1CCOC1)C(C)(C)C)C(O)C(N)=O. The number of oxime groups is 1. The van der Waals surface area contributed by atoms with Gasteiger partial charge in [-0.1, -0.05) is 39.3 Å². The minimum atomic E-state index is -1.62. The molecular weight excluding hydrogens is 602 g/mol. The number of likely N-dealkylation sites (tertiary alicyclic amines) is 1. The number of aliphatic hydroxyl groups excluding tert-OH is 1. The number of carbonyl (C=O) groups excluding carboxylic acids is 4. The molecule has 252 valence electrons. The summed E-state index contributed by atoms with van der Waals surface area (Å²) in [6, 6.07) is 2.29. The average molecular weight is 646 g/mol. The summed E-state index contributed by atoms with van der Waals surface area (Å²) in [6.45, 7) is 8.08. The van der Waals surface area contributed by atoms with Crippen LogP contribution in [0.3, 0.4) is 0 Å². The van der Waals surface area contributed by atoms with Gasteiger partial charge in [0.05, 0.1) is 31.5 Å². The number of benzene rings is 1. The summed E-state index contributed by atoms with van der Waals surface area (Å²) in [5.41, 5.74) is 4.85. The van der Waals surface area contributed by atoms with E-state index < -0.39 is 65.2 Å². The van der Waals surface area contributed by atoms with E-state index in [1.165, 1.54) is 4.90 Å². The van der Waals surface area contributed by atoms with Crippen LogP contribution in [0.4, 0.5) is 4.79 Å². The molecule has 2 fully saturated rings. The van der Waals surface area contributed by atoms with Crippen LogP contribution in [0.25, 0.3) is 0 Å². The molecule has 6 atom stereocenters. The van der Waals surface area contributed by atoms with Crippen molar-refractivity contribution < 1.29 is 48.1 Å². The fourth-order valence-corrected chi connectivity index (χ4v) is 6.18. The lowest BCUT2D eigenvalue weighted by atomic mass is 9.85. The van der Waals surface area contributed by atoms with Crippen molar-refractivity contribution in [1.82, 2.24) is 15.5 Å². The number of rotatable bonds is 10. The number of carbonyl (C=O) groups is 4. The number of nitrogens with two attached hydrogens (primary N) is 1. The monoisotopic (exact) mass is 645 g/mol. The van der Waals surface area contributed by atoms with E-state index in [1.807, 2.05) is 13.0 Å². The minimum absolute atomic E-state index is 0.0158. The summed E-state index contributed by atoms with van der Waals surface area (Å²) in [5, 5.41) is 20.2. The average Bonchev–Trinajstić information content (AvgIpc) is 3.82. The smallest absolute Gasteiger partial charge is 0.408 e. The van der Waals surface area contributed by atoms with E-state index in [0.29, 0.717) is 36.7 Å². The van der Waals surface area contributed by atoms with Gasteiger partial charge in [-0.3, -0.25) is 14.4 Å². The number of nitrogens with one attached hydrogen (secondary N) is 2. The first-order valence-electron chi connectivity index (χ1n) is 15.6. The maximum atomic E-state index is 14.4. The molecule has 0 bridgehead atoms. The molecule has 2 saturated heterocycles. The first-order chi connectivity index (χ1) is 21.8. The molecule has 0 saturated carbocycles. The van der Waals surface area contributed by atoms with Gasteiger partial charge in [-0.2, -0.15) is 0 Å². The molecule has 5 rings (SSSR count). The molecule has 2 unspecified atom stereocenters. The molecule has 0 aliphatic carbocycles. The molecule has 15 nitrogen and oxygen atoms in total. The number of nitrogens with zero attached hydrogens (tertiary/aromatic N) is 2. The summed E-state index contributed by atoms with van der Waals surface area (Å²) < 4.78 is 21.7. The Balaban J connectivity index is 1.39. The van der Waals surface area contributed by atoms with Crippen LogP contribution in [-0.4, -0.2) is 102 Å². The molecule has 15 heteroatoms. The molecule has 4 aliphatic heterocycles. The highest BCUT2D eigenvalue weighted by Crippen LogP contribution is 2.41. The Morgan fingerprint density at radius 3 is 2.63 bits per heavy atom. The van der Waals surface area contributed by atoms with Gasteiger partial charge in [-0.25, -0.2) is 4.79 Å². The molecule has 4 aliphatic rings. The summed E-state index contributed by atoms with van der Waals surface area (Å²) in [5.74, 6) is -0.897. The van der Waals surface area contributed by atoms with Crippen molar-refractivity contribution in [2.24, 2.45) is 16.3 Å². The molecule has 5 N–H and O–H groups in total. The van der Waals surface area contributed by atoms with Gasteiger partial charge < -0.3 is 50.2 Å². The van der Waals surface area contributed by atoms with Gasteiger partial charge in [0.2, 0.25) is 24.5 Å². The van der Waals surface area contributed by atoms with Crippen molar-refractivity contribution in [3.63, 3.8) is 0 Å². The number of aliphatic hydroxyl groups is 1. The van der Waals surface area contributed by atoms with Crippen molar-refractivity contribution in [2.45, 2.75) is 95.7 Å². The lowest BCUT2D eigenvalue weighted by molar-refractivity contribution is -0.143. The molecular formula is C31H43N5O10. The fourth-order valence-electron chi connectivity index (χ4n) is 6.18. The van der Waals surface area contributed by atoms with E-state index in [4.69, 9.17) is 29.5 Å². The molecule has 4 amide bonds. The summed E-state index contributed by atoms with van der Waals surface area (Å²) >= 11 is 0. The Bertz CT molecular complexity index is 1370. The van der Waals surface area contributed by atoms with Crippen LogP contribution in [-0.2, 0) is 28.7 Å². The van der Waals surface area contributed by atoms with E-state index in [1.54, 1.807) is 32.9 Å². The maximum Gasteiger partial charge on any atom is 0.408 e. The van der Waals surface area contributed by atoms with Gasteiger partial charge >= 0.3 is 6.09 Å². The number of fused-ring (bicyclic) bond motifs is 1. The normalized spacial score (nSPS) is 25.4. The number of ether oxygens (including phenoxy) is 4. The van der Waals surface area contributed by atoms with E-state index in [2.05, 4.69) is 15.8 Å². The quantitative estimate of drug-likeness (QED) is 0.284. The highest BCUT2D eigenvalue weighted by Gasteiger charge is 2.55. The summed E-state index contributed by atoms with van der Waals surface area (Å²) in [4.78, 5) is 60.4. The summed E-state index contributed by atoms with van der Waals surface area (Å²) in [7, 11) is 0. The second-order valence-corrected chi connectivity index (χ2v) is 13.3. The molecule has 46 heavy (non-hydrogen) atoms. The van der Waals surface area contributed by atoms with Gasteiger partial charge in [0.25, 0.3) is 0 Å². The van der Waals surface area contributed by atoms with Crippen molar-refractivity contribution in [2.75, 3.05) is 26.6 Å². The summed E-state index contributed by atoms with van der Waals surface area (Å²) in [6.07, 6.45) is -1.09. The van der Waals surface area contributed by atoms with Gasteiger partial charge in [-0.15, -0.1) is 0 Å². The van der Waals surface area contributed by atoms with Crippen LogP contribution >= 0.6 is 0 Å². The molecule has 1 spiro atoms. The maximum absolute atomic E-state index is 14.4. The van der Waals surface area contributed by atoms with Gasteiger partial charge in [0.1, 0.15) is 18.2 Å². The first kappa shape index (κ1) is 33.3. The third-order valence-corrected chi connectivity index (χ3v) is 8.67. The van der Waals surface area contributed by atoms with E-state index in [-0.39, 0.29) is 39.2 Å². The Kier molecular flexibility index (Phi) is 9.63. The fraction of sp³-hybridized carbons (Fsp3) is 0.645. The highest BCUT2D eigenvalue weighted by molar-refractivity contribution is 6.02. The molecule has 4 heterocycles. The zero-order chi connectivity index (χ0) is 33.2. The predicted molar refractivity (Wildman–Crippen MR) is 162 cm³/mol. The third kappa shape index (κ3) is 7.15. The predicted octanol–water partition coefficient (Wildman–Crippen LogP) is 0.940. The van der Waals surface area contributed by atoms with Crippen LogP contribution in [0, 0.1) is 5.41 Å². The van der Waals surface area contributed by atoms with Crippen LogP contribution in [0.1, 0.15) is 65.4 Å². The van der Waals surface area contributed by atoms with Crippen molar-refractivity contribution in [3.05, 3.63) is 23.8 Å². The number of hydrogen-bond acceptors (Lipinski definition) is 11. The molecule has 0 aromatic heterocycles. The number of alkyl carbamates (subject to hydrolysis) is 1. The Labute approximate surface area is 267 Å². The zero-order valence-corrected chi connectivity index (χ0v) is 26.6. The number of amides is 4. The largest absolute Gasteiger partial charge is 0.454 e. The van der Waals surface area contributed by atoms with Crippen LogP contribution in [0.2, 0.25) is 0 Å².